The minimum atomic E-state index is -0.604. The average Bonchev–Trinajstić information content (AvgIpc) is 3.55. The fourth-order valence-corrected chi connectivity index (χ4v) is 6.25. The van der Waals surface area contributed by atoms with Crippen LogP contribution in [0.1, 0.15) is 30.5 Å². The monoisotopic (exact) mass is 544 g/mol. The van der Waals surface area contributed by atoms with Gasteiger partial charge in [-0.25, -0.2) is 9.79 Å². The standard InChI is InChI=1S/C25H18Cl2N2O4S2/c1-3-32-24(31)21-13(2)28-25-29(22(21)19-5-4-10-34-19)23(30)20(35-25)12-15-7-9-18(33-15)16-8-6-14(26)11-17(16)27/h4-12,22H,3H2,1-2H3. The summed E-state index contributed by atoms with van der Waals surface area (Å²) in [5.74, 6) is 0.574. The summed E-state index contributed by atoms with van der Waals surface area (Å²) in [6, 6.07) is 11.9. The molecular formula is C25H18Cl2N2O4S2. The number of ether oxygens (including phenoxy) is 1. The first-order valence-corrected chi connectivity index (χ1v) is 13.1. The Hall–Kier alpha value is -2.91. The Morgan fingerprint density at radius 3 is 2.80 bits per heavy atom. The predicted octanol–water partition coefficient (Wildman–Crippen LogP) is 5.43. The van der Waals surface area contributed by atoms with Crippen LogP contribution in [0.15, 0.2) is 73.3 Å². The van der Waals surface area contributed by atoms with Gasteiger partial charge in [-0.3, -0.25) is 9.36 Å². The van der Waals surface area contributed by atoms with Crippen molar-refractivity contribution in [3.8, 4) is 11.3 Å². The number of furan rings is 1. The molecule has 0 aliphatic carbocycles. The number of hydrogen-bond donors (Lipinski definition) is 0. The number of benzene rings is 1. The van der Waals surface area contributed by atoms with Gasteiger partial charge in [-0.05, 0) is 55.6 Å². The van der Waals surface area contributed by atoms with E-state index in [-0.39, 0.29) is 12.2 Å². The van der Waals surface area contributed by atoms with Crippen molar-refractivity contribution >= 4 is 57.9 Å². The lowest BCUT2D eigenvalue weighted by Crippen LogP contribution is -2.39. The molecule has 1 unspecified atom stereocenters. The van der Waals surface area contributed by atoms with E-state index in [1.807, 2.05) is 17.5 Å². The quantitative estimate of drug-likeness (QED) is 0.314. The molecule has 1 atom stereocenters. The topological polar surface area (TPSA) is 73.8 Å². The van der Waals surface area contributed by atoms with Gasteiger partial charge in [0.05, 0.1) is 27.4 Å². The molecule has 1 aliphatic rings. The summed E-state index contributed by atoms with van der Waals surface area (Å²) in [4.78, 5) is 32.3. The number of fused-ring (bicyclic) bond motifs is 1. The van der Waals surface area contributed by atoms with Crippen molar-refractivity contribution < 1.29 is 13.9 Å². The molecule has 0 bridgehead atoms. The highest BCUT2D eigenvalue weighted by molar-refractivity contribution is 7.10. The molecule has 10 heteroatoms. The molecule has 35 heavy (non-hydrogen) atoms. The van der Waals surface area contributed by atoms with Crippen LogP contribution in [0.4, 0.5) is 0 Å². The van der Waals surface area contributed by atoms with Gasteiger partial charge in [0.25, 0.3) is 5.56 Å². The van der Waals surface area contributed by atoms with Crippen molar-refractivity contribution in [3.05, 3.63) is 99.5 Å². The first kappa shape index (κ1) is 23.8. The first-order chi connectivity index (χ1) is 16.9. The van der Waals surface area contributed by atoms with Crippen LogP contribution in [-0.4, -0.2) is 17.1 Å². The van der Waals surface area contributed by atoms with E-state index in [2.05, 4.69) is 4.99 Å². The summed E-state index contributed by atoms with van der Waals surface area (Å²) in [5, 5.41) is 2.91. The molecule has 0 saturated heterocycles. The Balaban J connectivity index is 1.62. The third-order valence-corrected chi connectivity index (χ3v) is 7.88. The lowest BCUT2D eigenvalue weighted by molar-refractivity contribution is -0.139. The van der Waals surface area contributed by atoms with Crippen LogP contribution >= 0.6 is 45.9 Å². The van der Waals surface area contributed by atoms with Gasteiger partial charge in [0.2, 0.25) is 0 Å². The molecular weight excluding hydrogens is 527 g/mol. The number of carbonyl (C=O) groups is 1. The summed E-state index contributed by atoms with van der Waals surface area (Å²) >= 11 is 15.0. The Labute approximate surface area is 218 Å². The molecule has 3 aromatic heterocycles. The van der Waals surface area contributed by atoms with E-state index in [0.29, 0.717) is 47.7 Å². The molecule has 0 spiro atoms. The van der Waals surface area contributed by atoms with Gasteiger partial charge in [0.15, 0.2) is 4.80 Å². The highest BCUT2D eigenvalue weighted by atomic mass is 35.5. The van der Waals surface area contributed by atoms with Crippen molar-refractivity contribution in [1.29, 1.82) is 0 Å². The molecule has 1 aromatic carbocycles. The second-order valence-electron chi connectivity index (χ2n) is 7.64. The van der Waals surface area contributed by atoms with E-state index in [9.17, 15) is 9.59 Å². The number of hydrogen-bond acceptors (Lipinski definition) is 7. The smallest absolute Gasteiger partial charge is 0.338 e. The van der Waals surface area contributed by atoms with E-state index >= 15 is 0 Å². The summed E-state index contributed by atoms with van der Waals surface area (Å²) < 4.78 is 13.2. The zero-order valence-electron chi connectivity index (χ0n) is 18.6. The largest absolute Gasteiger partial charge is 0.463 e. The number of rotatable bonds is 5. The molecule has 5 rings (SSSR count). The highest BCUT2D eigenvalue weighted by Gasteiger charge is 2.33. The SMILES string of the molecule is CCOC(=O)C1=C(C)N=c2sc(=Cc3ccc(-c4ccc(Cl)cc4Cl)o3)c(=O)n2C1c1cccs1. The molecule has 0 N–H and O–H groups in total. The van der Waals surface area contributed by atoms with Crippen molar-refractivity contribution in [1.82, 2.24) is 4.57 Å². The fourth-order valence-electron chi connectivity index (χ4n) is 3.90. The van der Waals surface area contributed by atoms with E-state index in [0.717, 1.165) is 4.88 Å². The Kier molecular flexibility index (Phi) is 6.55. The number of carbonyl (C=O) groups excluding carboxylic acids is 1. The molecule has 0 saturated carbocycles. The summed E-state index contributed by atoms with van der Waals surface area (Å²) in [5.41, 5.74) is 1.34. The number of nitrogens with zero attached hydrogens (tertiary/aromatic N) is 2. The second kappa shape index (κ2) is 9.62. The molecule has 4 heterocycles. The van der Waals surface area contributed by atoms with Gasteiger partial charge in [-0.2, -0.15) is 0 Å². The van der Waals surface area contributed by atoms with Crippen LogP contribution in [0, 0.1) is 0 Å². The predicted molar refractivity (Wildman–Crippen MR) is 139 cm³/mol. The van der Waals surface area contributed by atoms with E-state index < -0.39 is 12.0 Å². The maximum absolute atomic E-state index is 13.6. The van der Waals surface area contributed by atoms with Gasteiger partial charge in [0, 0.05) is 21.5 Å². The lowest BCUT2D eigenvalue weighted by atomic mass is 10.0. The minimum Gasteiger partial charge on any atom is -0.463 e. The normalized spacial score (nSPS) is 15.8. The maximum Gasteiger partial charge on any atom is 0.338 e. The number of thiazole rings is 1. The number of allylic oxidation sites excluding steroid dienone is 1. The third-order valence-electron chi connectivity index (χ3n) is 5.43. The fraction of sp³-hybridized carbons (Fsp3) is 0.160. The molecule has 178 valence electrons. The molecule has 6 nitrogen and oxygen atoms in total. The summed E-state index contributed by atoms with van der Waals surface area (Å²) in [6.45, 7) is 3.74. The summed E-state index contributed by atoms with van der Waals surface area (Å²) in [6.07, 6.45) is 1.67. The van der Waals surface area contributed by atoms with Gasteiger partial charge >= 0.3 is 5.97 Å². The molecule has 1 aliphatic heterocycles. The van der Waals surface area contributed by atoms with E-state index in [1.165, 1.54) is 22.7 Å². The van der Waals surface area contributed by atoms with Gasteiger partial charge in [-0.1, -0.05) is 40.6 Å². The molecule has 0 fully saturated rings. The first-order valence-electron chi connectivity index (χ1n) is 10.7. The van der Waals surface area contributed by atoms with Crippen LogP contribution in [0.5, 0.6) is 0 Å². The van der Waals surface area contributed by atoms with Crippen LogP contribution in [-0.2, 0) is 9.53 Å². The Morgan fingerprint density at radius 2 is 2.09 bits per heavy atom. The lowest BCUT2D eigenvalue weighted by Gasteiger charge is -2.23. The van der Waals surface area contributed by atoms with Crippen molar-refractivity contribution in [2.75, 3.05) is 6.61 Å². The maximum atomic E-state index is 13.6. The molecule has 0 amide bonds. The van der Waals surface area contributed by atoms with Gasteiger partial charge in [0.1, 0.15) is 17.6 Å². The van der Waals surface area contributed by atoms with Crippen molar-refractivity contribution in [2.24, 2.45) is 4.99 Å². The van der Waals surface area contributed by atoms with Gasteiger partial charge in [-0.15, -0.1) is 11.3 Å². The van der Waals surface area contributed by atoms with Crippen molar-refractivity contribution in [2.45, 2.75) is 19.9 Å². The number of thiophene rings is 1. The number of esters is 1. The zero-order valence-corrected chi connectivity index (χ0v) is 21.7. The Morgan fingerprint density at radius 1 is 1.26 bits per heavy atom. The van der Waals surface area contributed by atoms with Gasteiger partial charge < -0.3 is 9.15 Å². The number of aromatic nitrogens is 1. The third kappa shape index (κ3) is 4.43. The van der Waals surface area contributed by atoms with E-state index in [4.69, 9.17) is 32.4 Å². The van der Waals surface area contributed by atoms with E-state index in [1.54, 1.807) is 54.8 Å². The summed E-state index contributed by atoms with van der Waals surface area (Å²) in [7, 11) is 0. The average molecular weight is 545 g/mol. The van der Waals surface area contributed by atoms with Crippen LogP contribution in [0.25, 0.3) is 17.4 Å². The Bertz CT molecular complexity index is 1640. The second-order valence-corrected chi connectivity index (χ2v) is 10.5. The highest BCUT2D eigenvalue weighted by Crippen LogP contribution is 2.34. The van der Waals surface area contributed by atoms with Crippen molar-refractivity contribution in [3.63, 3.8) is 0 Å². The zero-order chi connectivity index (χ0) is 24.7. The van der Waals surface area contributed by atoms with Crippen LogP contribution in [0.2, 0.25) is 10.0 Å². The minimum absolute atomic E-state index is 0.232. The molecule has 0 radical (unpaired) electrons. The molecule has 4 aromatic rings. The van der Waals surface area contributed by atoms with Crippen LogP contribution < -0.4 is 14.9 Å². The number of halogens is 2. The van der Waals surface area contributed by atoms with Crippen LogP contribution in [0.3, 0.4) is 0 Å².